The fourth-order valence-corrected chi connectivity index (χ4v) is 5.87. The molecule has 258 valence electrons. The third-order valence-corrected chi connectivity index (χ3v) is 8.12. The highest BCUT2D eigenvalue weighted by Gasteiger charge is 2.18. The normalized spacial score (nSPS) is 14.3. The van der Waals surface area contributed by atoms with Crippen LogP contribution in [0.15, 0.2) is 66.9 Å². The van der Waals surface area contributed by atoms with Gasteiger partial charge in [0.2, 0.25) is 16.0 Å². The van der Waals surface area contributed by atoms with Crippen molar-refractivity contribution in [1.82, 2.24) is 19.5 Å². The Morgan fingerprint density at radius 1 is 0.896 bits per heavy atom. The molecule has 0 amide bonds. The molecule has 0 bridgehead atoms. The lowest BCUT2D eigenvalue weighted by atomic mass is 10.1. The fourth-order valence-electron chi connectivity index (χ4n) is 5.31. The second-order valence-corrected chi connectivity index (χ2v) is 14.4. The van der Waals surface area contributed by atoms with Crippen molar-refractivity contribution in [3.05, 3.63) is 66.9 Å². The van der Waals surface area contributed by atoms with Gasteiger partial charge in [-0.05, 0) is 69.3 Å². The van der Waals surface area contributed by atoms with Crippen molar-refractivity contribution in [3.63, 3.8) is 0 Å². The van der Waals surface area contributed by atoms with E-state index in [1.807, 2.05) is 51.1 Å². The summed E-state index contributed by atoms with van der Waals surface area (Å²) in [5.41, 5.74) is 4.50. The first-order valence-electron chi connectivity index (χ1n) is 16.1. The molecule has 5 rings (SSSR count). The lowest BCUT2D eigenvalue weighted by molar-refractivity contribution is -0.156. The largest absolute Gasteiger partial charge is 0.460 e. The Hall–Kier alpha value is -4.24. The summed E-state index contributed by atoms with van der Waals surface area (Å²) in [4.78, 5) is 21.0. The number of ether oxygens (including phenoxy) is 3. The van der Waals surface area contributed by atoms with Crippen LogP contribution in [0.3, 0.4) is 0 Å². The molecule has 48 heavy (non-hydrogen) atoms. The first kappa shape index (κ1) is 35.1. The van der Waals surface area contributed by atoms with E-state index >= 15 is 0 Å². The van der Waals surface area contributed by atoms with Gasteiger partial charge in [-0.15, -0.1) is 5.10 Å². The molecule has 1 saturated heterocycles. The Morgan fingerprint density at radius 3 is 2.33 bits per heavy atom. The lowest BCUT2D eigenvalue weighted by Gasteiger charge is -2.36. The Kier molecular flexibility index (Phi) is 11.5. The minimum absolute atomic E-state index is 0.244. The summed E-state index contributed by atoms with van der Waals surface area (Å²) in [6.07, 6.45) is 3.12. The molecule has 4 aromatic rings. The van der Waals surface area contributed by atoms with Gasteiger partial charge in [0.05, 0.1) is 56.5 Å². The molecule has 0 unspecified atom stereocenters. The topological polar surface area (TPSA) is 140 Å². The van der Waals surface area contributed by atoms with E-state index in [1.165, 1.54) is 0 Å². The van der Waals surface area contributed by atoms with Crippen LogP contribution in [0.25, 0.3) is 16.8 Å². The van der Waals surface area contributed by atoms with Crippen molar-refractivity contribution >= 4 is 44.5 Å². The predicted octanol–water partition coefficient (Wildman–Crippen LogP) is 4.40. The molecule has 0 saturated carbocycles. The quantitative estimate of drug-likeness (QED) is 0.137. The van der Waals surface area contributed by atoms with Crippen molar-refractivity contribution in [2.45, 2.75) is 32.8 Å². The highest BCUT2D eigenvalue weighted by atomic mass is 32.2. The first-order chi connectivity index (χ1) is 22.9. The standard InChI is InChI=1S/C34H45N7O6S/c1-34(2,3)47-32(42)14-20-45-22-23-46-21-19-39-15-17-40(18-16-39)29-10-8-27(9-11-29)36-33-35-25-30-12-13-31(41(30)37-33)26-6-5-7-28(24-26)38-48(4,43)44/h5-13,24-25,38H,14-23H2,1-4H3,(H,36,37). The third-order valence-electron chi connectivity index (χ3n) is 7.52. The summed E-state index contributed by atoms with van der Waals surface area (Å²) >= 11 is 0. The number of esters is 1. The second-order valence-electron chi connectivity index (χ2n) is 12.7. The van der Waals surface area contributed by atoms with Crippen LogP contribution in [-0.4, -0.2) is 105 Å². The average Bonchev–Trinajstić information content (AvgIpc) is 3.45. The number of hydrogen-bond acceptors (Lipinski definition) is 11. The lowest BCUT2D eigenvalue weighted by Crippen LogP contribution is -2.47. The zero-order chi connectivity index (χ0) is 34.1. The molecule has 2 aromatic carbocycles. The molecule has 14 heteroatoms. The van der Waals surface area contributed by atoms with Crippen molar-refractivity contribution < 1.29 is 27.4 Å². The number of carbonyl (C=O) groups excluding carboxylic acids is 1. The van der Waals surface area contributed by atoms with E-state index in [2.05, 4.69) is 37.0 Å². The van der Waals surface area contributed by atoms with Gasteiger partial charge in [0.25, 0.3) is 0 Å². The molecular formula is C34H45N7O6S. The minimum Gasteiger partial charge on any atom is -0.460 e. The smallest absolute Gasteiger partial charge is 0.308 e. The van der Waals surface area contributed by atoms with Crippen LogP contribution >= 0.6 is 0 Å². The molecule has 0 atom stereocenters. The third kappa shape index (κ3) is 10.6. The van der Waals surface area contributed by atoms with E-state index in [1.54, 1.807) is 28.9 Å². The highest BCUT2D eigenvalue weighted by molar-refractivity contribution is 7.92. The van der Waals surface area contributed by atoms with E-state index in [0.29, 0.717) is 38.1 Å². The van der Waals surface area contributed by atoms with E-state index in [9.17, 15) is 13.2 Å². The zero-order valence-electron chi connectivity index (χ0n) is 28.0. The van der Waals surface area contributed by atoms with Crippen LogP contribution in [0.5, 0.6) is 0 Å². The Morgan fingerprint density at radius 2 is 1.62 bits per heavy atom. The number of carbonyl (C=O) groups is 1. The summed E-state index contributed by atoms with van der Waals surface area (Å²) in [7, 11) is -3.39. The highest BCUT2D eigenvalue weighted by Crippen LogP contribution is 2.26. The van der Waals surface area contributed by atoms with Crippen molar-refractivity contribution in [2.75, 3.05) is 80.3 Å². The number of benzene rings is 2. The number of nitrogens with one attached hydrogen (secondary N) is 2. The Labute approximate surface area is 282 Å². The number of piperazine rings is 1. The minimum atomic E-state index is -3.39. The van der Waals surface area contributed by atoms with Crippen LogP contribution in [0.2, 0.25) is 0 Å². The molecule has 13 nitrogen and oxygen atoms in total. The zero-order valence-corrected chi connectivity index (χ0v) is 28.8. The molecule has 0 radical (unpaired) electrons. The van der Waals surface area contributed by atoms with E-state index in [0.717, 1.165) is 67.1 Å². The summed E-state index contributed by atoms with van der Waals surface area (Å²) in [6, 6.07) is 19.3. The monoisotopic (exact) mass is 679 g/mol. The van der Waals surface area contributed by atoms with Crippen molar-refractivity contribution in [2.24, 2.45) is 0 Å². The number of fused-ring (bicyclic) bond motifs is 1. The van der Waals surface area contributed by atoms with Gasteiger partial charge in [0.1, 0.15) is 5.60 Å². The van der Waals surface area contributed by atoms with Gasteiger partial charge in [0.15, 0.2) is 0 Å². The predicted molar refractivity (Wildman–Crippen MR) is 187 cm³/mol. The number of rotatable bonds is 15. The fraction of sp³-hybridized carbons (Fsp3) is 0.441. The second kappa shape index (κ2) is 15.8. The SMILES string of the molecule is CC(C)(C)OC(=O)CCOCCOCCN1CCN(c2ccc(Nc3ncc4ccc(-c5cccc(NS(C)(=O)=O)c5)n4n3)cc2)CC1. The molecule has 3 heterocycles. The molecular weight excluding hydrogens is 634 g/mol. The van der Waals surface area contributed by atoms with Gasteiger partial charge in [-0.1, -0.05) is 12.1 Å². The number of sulfonamides is 1. The average molecular weight is 680 g/mol. The number of anilines is 4. The van der Waals surface area contributed by atoms with Crippen molar-refractivity contribution in [3.8, 4) is 11.3 Å². The first-order valence-corrected chi connectivity index (χ1v) is 18.0. The van der Waals surface area contributed by atoms with Crippen LogP contribution in [0, 0.1) is 0 Å². The van der Waals surface area contributed by atoms with Gasteiger partial charge >= 0.3 is 5.97 Å². The Balaban J connectivity index is 1.04. The molecule has 0 spiro atoms. The number of aromatic nitrogens is 3. The maximum atomic E-state index is 11.7. The van der Waals surface area contributed by atoms with E-state index in [4.69, 9.17) is 19.3 Å². The van der Waals surface area contributed by atoms with Crippen molar-refractivity contribution in [1.29, 1.82) is 0 Å². The van der Waals surface area contributed by atoms with E-state index < -0.39 is 15.6 Å². The molecule has 2 N–H and O–H groups in total. The molecule has 2 aromatic heterocycles. The molecule has 1 aliphatic rings. The number of nitrogens with zero attached hydrogens (tertiary/aromatic N) is 5. The maximum Gasteiger partial charge on any atom is 0.308 e. The van der Waals surface area contributed by atoms with E-state index in [-0.39, 0.29) is 12.4 Å². The van der Waals surface area contributed by atoms with Gasteiger partial charge in [-0.2, -0.15) is 0 Å². The maximum absolute atomic E-state index is 11.7. The Bertz CT molecular complexity index is 1760. The van der Waals surface area contributed by atoms with Crippen LogP contribution in [-0.2, 0) is 29.0 Å². The molecule has 1 aliphatic heterocycles. The molecule has 0 aliphatic carbocycles. The van der Waals surface area contributed by atoms with Gasteiger partial charge in [0, 0.05) is 55.3 Å². The van der Waals surface area contributed by atoms with Crippen LogP contribution in [0.1, 0.15) is 27.2 Å². The summed E-state index contributed by atoms with van der Waals surface area (Å²) in [5.74, 6) is 0.194. The van der Waals surface area contributed by atoms with Gasteiger partial charge in [-0.3, -0.25) is 14.4 Å². The number of hydrogen-bond donors (Lipinski definition) is 2. The summed E-state index contributed by atoms with van der Waals surface area (Å²) in [5, 5.41) is 8.00. The van der Waals surface area contributed by atoms with Gasteiger partial charge < -0.3 is 24.4 Å². The van der Waals surface area contributed by atoms with Crippen LogP contribution in [0.4, 0.5) is 23.0 Å². The van der Waals surface area contributed by atoms with Gasteiger partial charge in [-0.25, -0.2) is 17.9 Å². The summed E-state index contributed by atoms with van der Waals surface area (Å²) in [6.45, 7) is 12.1. The van der Waals surface area contributed by atoms with Crippen LogP contribution < -0.4 is 14.9 Å². The summed E-state index contributed by atoms with van der Waals surface area (Å²) < 4.78 is 44.2. The molecule has 1 fully saturated rings.